The van der Waals surface area contributed by atoms with Gasteiger partial charge in [-0.15, -0.1) is 0 Å². The van der Waals surface area contributed by atoms with E-state index in [1.165, 1.54) is 0 Å². The van der Waals surface area contributed by atoms with E-state index in [2.05, 4.69) is 26.2 Å². The minimum absolute atomic E-state index is 0.316. The van der Waals surface area contributed by atoms with Gasteiger partial charge in [0.05, 0.1) is 10.6 Å². The Hall–Kier alpha value is -0.610. The molecule has 4 heteroatoms. The lowest BCUT2D eigenvalue weighted by Gasteiger charge is -2.11. The number of aliphatic hydroxyl groups is 1. The standard InChI is InChI=1S/C10H15BrN2O/c1-3-8(14)6-13-10-9(11)7(2)4-5-12-10/h4-5,8,14H,3,6H2,1-2H3,(H,12,13). The third kappa shape index (κ3) is 2.96. The maximum atomic E-state index is 9.37. The zero-order chi connectivity index (χ0) is 10.6. The molecule has 0 aromatic carbocycles. The largest absolute Gasteiger partial charge is 0.391 e. The zero-order valence-corrected chi connectivity index (χ0v) is 10.0. The van der Waals surface area contributed by atoms with Crippen LogP contribution in [-0.4, -0.2) is 22.7 Å². The number of aliphatic hydroxyl groups excluding tert-OH is 1. The quantitative estimate of drug-likeness (QED) is 0.872. The third-order valence-corrected chi connectivity index (χ3v) is 3.06. The average molecular weight is 259 g/mol. The van der Waals surface area contributed by atoms with Crippen LogP contribution in [0.4, 0.5) is 5.82 Å². The number of nitrogens with zero attached hydrogens (tertiary/aromatic N) is 1. The molecule has 1 atom stereocenters. The fourth-order valence-corrected chi connectivity index (χ4v) is 1.40. The Bertz CT molecular complexity index is 304. The molecule has 1 aromatic heterocycles. The Balaban J connectivity index is 2.63. The topological polar surface area (TPSA) is 45.1 Å². The van der Waals surface area contributed by atoms with Gasteiger partial charge in [-0.1, -0.05) is 6.92 Å². The van der Waals surface area contributed by atoms with Crippen molar-refractivity contribution in [3.63, 3.8) is 0 Å². The average Bonchev–Trinajstić information content (AvgIpc) is 2.20. The summed E-state index contributed by atoms with van der Waals surface area (Å²) in [6.07, 6.45) is 2.18. The van der Waals surface area contributed by atoms with E-state index in [-0.39, 0.29) is 6.10 Å². The van der Waals surface area contributed by atoms with Crippen molar-refractivity contribution in [2.45, 2.75) is 26.4 Å². The van der Waals surface area contributed by atoms with Crippen molar-refractivity contribution < 1.29 is 5.11 Å². The number of nitrogens with one attached hydrogen (secondary N) is 1. The van der Waals surface area contributed by atoms with E-state index in [1.54, 1.807) is 6.20 Å². The number of hydrogen-bond donors (Lipinski definition) is 2. The molecular formula is C10H15BrN2O. The number of pyridine rings is 1. The number of hydrogen-bond acceptors (Lipinski definition) is 3. The molecule has 0 spiro atoms. The molecule has 0 saturated heterocycles. The van der Waals surface area contributed by atoms with Crippen LogP contribution in [-0.2, 0) is 0 Å². The summed E-state index contributed by atoms with van der Waals surface area (Å²) >= 11 is 3.45. The molecule has 14 heavy (non-hydrogen) atoms. The van der Waals surface area contributed by atoms with Gasteiger partial charge in [-0.2, -0.15) is 0 Å². The van der Waals surface area contributed by atoms with E-state index in [0.717, 1.165) is 22.3 Å². The number of aromatic nitrogens is 1. The van der Waals surface area contributed by atoms with Gasteiger partial charge in [-0.25, -0.2) is 4.98 Å². The maximum Gasteiger partial charge on any atom is 0.140 e. The van der Waals surface area contributed by atoms with Crippen molar-refractivity contribution in [2.75, 3.05) is 11.9 Å². The van der Waals surface area contributed by atoms with E-state index in [4.69, 9.17) is 0 Å². The summed E-state index contributed by atoms with van der Waals surface area (Å²) in [6.45, 7) is 4.49. The monoisotopic (exact) mass is 258 g/mol. The first-order chi connectivity index (χ1) is 6.65. The first-order valence-corrected chi connectivity index (χ1v) is 5.47. The van der Waals surface area contributed by atoms with Crippen LogP contribution in [0.15, 0.2) is 16.7 Å². The fourth-order valence-electron chi connectivity index (χ4n) is 1.02. The summed E-state index contributed by atoms with van der Waals surface area (Å²) in [7, 11) is 0. The van der Waals surface area contributed by atoms with E-state index in [9.17, 15) is 5.11 Å². The molecule has 0 fully saturated rings. The number of aryl methyl sites for hydroxylation is 1. The number of anilines is 1. The summed E-state index contributed by atoms with van der Waals surface area (Å²) in [5.74, 6) is 0.789. The molecule has 0 radical (unpaired) electrons. The first kappa shape index (κ1) is 11.5. The van der Waals surface area contributed by atoms with Crippen LogP contribution < -0.4 is 5.32 Å². The van der Waals surface area contributed by atoms with Crippen LogP contribution in [0.1, 0.15) is 18.9 Å². The molecule has 3 nitrogen and oxygen atoms in total. The minimum Gasteiger partial charge on any atom is -0.391 e. The lowest BCUT2D eigenvalue weighted by Crippen LogP contribution is -2.19. The molecule has 1 heterocycles. The smallest absolute Gasteiger partial charge is 0.140 e. The van der Waals surface area contributed by atoms with Gasteiger partial charge in [-0.3, -0.25) is 0 Å². The number of halogens is 1. The van der Waals surface area contributed by atoms with Gasteiger partial charge in [-0.05, 0) is 40.9 Å². The first-order valence-electron chi connectivity index (χ1n) is 4.68. The SMILES string of the molecule is CCC(O)CNc1nccc(C)c1Br. The van der Waals surface area contributed by atoms with E-state index >= 15 is 0 Å². The van der Waals surface area contributed by atoms with Gasteiger partial charge in [0, 0.05) is 12.7 Å². The molecule has 1 unspecified atom stereocenters. The van der Waals surface area contributed by atoms with E-state index < -0.39 is 0 Å². The second-order valence-electron chi connectivity index (χ2n) is 3.23. The van der Waals surface area contributed by atoms with Gasteiger partial charge in [0.25, 0.3) is 0 Å². The van der Waals surface area contributed by atoms with Crippen molar-refractivity contribution in [2.24, 2.45) is 0 Å². The molecule has 0 aliphatic heterocycles. The van der Waals surface area contributed by atoms with Gasteiger partial charge >= 0.3 is 0 Å². The Labute approximate surface area is 92.7 Å². The zero-order valence-electron chi connectivity index (χ0n) is 8.42. The van der Waals surface area contributed by atoms with Gasteiger partial charge < -0.3 is 10.4 Å². The Morgan fingerprint density at radius 1 is 1.64 bits per heavy atom. The van der Waals surface area contributed by atoms with Gasteiger partial charge in [0.2, 0.25) is 0 Å². The lowest BCUT2D eigenvalue weighted by atomic mass is 10.2. The van der Waals surface area contributed by atoms with Crippen molar-refractivity contribution in [1.29, 1.82) is 0 Å². The highest BCUT2D eigenvalue weighted by molar-refractivity contribution is 9.10. The normalized spacial score (nSPS) is 12.6. The molecule has 1 aromatic rings. The Morgan fingerprint density at radius 2 is 2.36 bits per heavy atom. The Morgan fingerprint density at radius 3 is 3.00 bits per heavy atom. The van der Waals surface area contributed by atoms with Crippen LogP contribution in [0.5, 0.6) is 0 Å². The van der Waals surface area contributed by atoms with E-state index in [1.807, 2.05) is 19.9 Å². The number of rotatable bonds is 4. The highest BCUT2D eigenvalue weighted by Crippen LogP contribution is 2.22. The van der Waals surface area contributed by atoms with E-state index in [0.29, 0.717) is 6.54 Å². The molecule has 0 bridgehead atoms. The minimum atomic E-state index is -0.316. The molecule has 78 valence electrons. The maximum absolute atomic E-state index is 9.37. The molecule has 0 saturated carbocycles. The summed E-state index contributed by atoms with van der Waals surface area (Å²) in [5, 5.41) is 12.5. The summed E-state index contributed by atoms with van der Waals surface area (Å²) in [5.41, 5.74) is 1.13. The van der Waals surface area contributed by atoms with Gasteiger partial charge in [0.1, 0.15) is 5.82 Å². The molecule has 2 N–H and O–H groups in total. The molecule has 1 rings (SSSR count). The molecule has 0 aliphatic rings. The highest BCUT2D eigenvalue weighted by atomic mass is 79.9. The van der Waals surface area contributed by atoms with Crippen molar-refractivity contribution in [3.8, 4) is 0 Å². The summed E-state index contributed by atoms with van der Waals surface area (Å²) in [6, 6.07) is 1.94. The molecule has 0 aliphatic carbocycles. The highest BCUT2D eigenvalue weighted by Gasteiger charge is 2.05. The van der Waals surface area contributed by atoms with Crippen molar-refractivity contribution >= 4 is 21.7 Å². The second-order valence-corrected chi connectivity index (χ2v) is 4.03. The van der Waals surface area contributed by atoms with Crippen molar-refractivity contribution in [3.05, 3.63) is 22.3 Å². The summed E-state index contributed by atoms with van der Waals surface area (Å²) in [4.78, 5) is 4.18. The van der Waals surface area contributed by atoms with Gasteiger partial charge in [0.15, 0.2) is 0 Å². The van der Waals surface area contributed by atoms with Crippen molar-refractivity contribution in [1.82, 2.24) is 4.98 Å². The Kier molecular flexibility index (Phi) is 4.35. The predicted octanol–water partition coefficient (Wildman–Crippen LogP) is 2.34. The van der Waals surface area contributed by atoms with Crippen LogP contribution in [0.3, 0.4) is 0 Å². The van der Waals surface area contributed by atoms with Crippen LogP contribution in [0.25, 0.3) is 0 Å². The molecule has 0 amide bonds. The third-order valence-electron chi connectivity index (χ3n) is 2.06. The lowest BCUT2D eigenvalue weighted by molar-refractivity contribution is 0.183. The molecular weight excluding hydrogens is 244 g/mol. The van der Waals surface area contributed by atoms with Crippen LogP contribution in [0.2, 0.25) is 0 Å². The van der Waals surface area contributed by atoms with Crippen LogP contribution >= 0.6 is 15.9 Å². The summed E-state index contributed by atoms with van der Waals surface area (Å²) < 4.78 is 0.961. The second kappa shape index (κ2) is 5.32. The van der Waals surface area contributed by atoms with Crippen LogP contribution in [0, 0.1) is 6.92 Å². The fraction of sp³-hybridized carbons (Fsp3) is 0.500. The predicted molar refractivity (Wildman–Crippen MR) is 61.5 cm³/mol.